The number of hydrogen-bond acceptors (Lipinski definition) is 2. The lowest BCUT2D eigenvalue weighted by Crippen LogP contribution is -2.33. The van der Waals surface area contributed by atoms with Crippen molar-refractivity contribution in [3.8, 4) is 0 Å². The monoisotopic (exact) mass is 364 g/mol. The molecule has 0 aliphatic carbocycles. The molecule has 0 saturated carbocycles. The van der Waals surface area contributed by atoms with Gasteiger partial charge in [-0.15, -0.1) is 0 Å². The second kappa shape index (κ2) is 8.51. The van der Waals surface area contributed by atoms with Crippen molar-refractivity contribution in [2.24, 2.45) is 0 Å². The predicted octanol–water partition coefficient (Wildman–Crippen LogP) is 3.60. The number of hydrogen-bond donors (Lipinski definition) is 2. The Morgan fingerprint density at radius 2 is 1.54 bits per heavy atom. The molecular formula is C19H19F3N2O2. The summed E-state index contributed by atoms with van der Waals surface area (Å²) in [6.45, 7) is 3.48. The lowest BCUT2D eigenvalue weighted by atomic mass is 10.0. The molecule has 2 aromatic carbocycles. The standard InChI is InChI=1S/C19H19F3N2O2/c1-3-11-6-5-7-12(4-2)18(11)24-15(25)10-23-19(26)13-8-9-14(20)17(22)16(13)21/h5-9H,3-4,10H2,1-2H3,(H,23,26)(H,24,25). The summed E-state index contributed by atoms with van der Waals surface area (Å²) in [5.41, 5.74) is 1.93. The van der Waals surface area contributed by atoms with Crippen LogP contribution in [-0.2, 0) is 17.6 Å². The van der Waals surface area contributed by atoms with Gasteiger partial charge in [0.05, 0.1) is 12.1 Å². The molecule has 0 bridgehead atoms. The van der Waals surface area contributed by atoms with Crippen LogP contribution in [0.3, 0.4) is 0 Å². The molecular weight excluding hydrogens is 345 g/mol. The number of carbonyl (C=O) groups is 2. The van der Waals surface area contributed by atoms with Gasteiger partial charge in [-0.1, -0.05) is 32.0 Å². The van der Waals surface area contributed by atoms with Crippen LogP contribution in [0, 0.1) is 17.5 Å². The highest BCUT2D eigenvalue weighted by Crippen LogP contribution is 2.22. The second-order valence-corrected chi connectivity index (χ2v) is 5.61. The van der Waals surface area contributed by atoms with E-state index in [1.165, 1.54) is 0 Å². The Kier molecular flexibility index (Phi) is 6.38. The fourth-order valence-corrected chi connectivity index (χ4v) is 2.54. The van der Waals surface area contributed by atoms with E-state index in [2.05, 4.69) is 10.6 Å². The lowest BCUT2D eigenvalue weighted by Gasteiger charge is -2.14. The van der Waals surface area contributed by atoms with Crippen LogP contribution < -0.4 is 10.6 Å². The molecule has 0 aliphatic rings. The Labute approximate surface area is 149 Å². The van der Waals surface area contributed by atoms with Gasteiger partial charge in [-0.05, 0) is 36.1 Å². The van der Waals surface area contributed by atoms with Gasteiger partial charge in [-0.25, -0.2) is 13.2 Å². The highest BCUT2D eigenvalue weighted by atomic mass is 19.2. The topological polar surface area (TPSA) is 58.2 Å². The molecule has 4 nitrogen and oxygen atoms in total. The van der Waals surface area contributed by atoms with Crippen LogP contribution in [0.25, 0.3) is 0 Å². The zero-order valence-corrected chi connectivity index (χ0v) is 14.5. The Morgan fingerprint density at radius 1 is 0.923 bits per heavy atom. The van der Waals surface area contributed by atoms with Crippen molar-refractivity contribution in [2.75, 3.05) is 11.9 Å². The second-order valence-electron chi connectivity index (χ2n) is 5.61. The van der Waals surface area contributed by atoms with Crippen molar-refractivity contribution in [3.05, 3.63) is 64.5 Å². The molecule has 0 spiro atoms. The van der Waals surface area contributed by atoms with Gasteiger partial charge in [0.1, 0.15) is 0 Å². The number of rotatable bonds is 6. The average molecular weight is 364 g/mol. The first kappa shape index (κ1) is 19.5. The van der Waals surface area contributed by atoms with Gasteiger partial charge in [0.25, 0.3) is 5.91 Å². The van der Waals surface area contributed by atoms with Crippen molar-refractivity contribution >= 4 is 17.5 Å². The normalized spacial score (nSPS) is 10.5. The lowest BCUT2D eigenvalue weighted by molar-refractivity contribution is -0.115. The van der Waals surface area contributed by atoms with E-state index < -0.39 is 41.4 Å². The number of amides is 2. The van der Waals surface area contributed by atoms with Crippen LogP contribution in [0.4, 0.5) is 18.9 Å². The van der Waals surface area contributed by atoms with Gasteiger partial charge in [-0.3, -0.25) is 9.59 Å². The minimum Gasteiger partial charge on any atom is -0.343 e. The van der Waals surface area contributed by atoms with Crippen LogP contribution in [0.15, 0.2) is 30.3 Å². The molecule has 0 radical (unpaired) electrons. The Hall–Kier alpha value is -2.83. The van der Waals surface area contributed by atoms with E-state index in [4.69, 9.17) is 0 Å². The van der Waals surface area contributed by atoms with E-state index in [9.17, 15) is 22.8 Å². The van der Waals surface area contributed by atoms with Gasteiger partial charge in [0, 0.05) is 5.69 Å². The van der Waals surface area contributed by atoms with Crippen LogP contribution in [0.1, 0.15) is 35.3 Å². The minimum atomic E-state index is -1.73. The molecule has 0 aromatic heterocycles. The van der Waals surface area contributed by atoms with Crippen LogP contribution in [0.2, 0.25) is 0 Å². The van der Waals surface area contributed by atoms with Crippen molar-refractivity contribution in [1.82, 2.24) is 5.32 Å². The molecule has 0 atom stereocenters. The smallest absolute Gasteiger partial charge is 0.254 e. The zero-order chi connectivity index (χ0) is 19.3. The molecule has 0 unspecified atom stereocenters. The molecule has 2 aromatic rings. The Balaban J connectivity index is 2.06. The number of nitrogens with one attached hydrogen (secondary N) is 2. The van der Waals surface area contributed by atoms with Gasteiger partial charge < -0.3 is 10.6 Å². The third-order valence-corrected chi connectivity index (χ3v) is 3.95. The summed E-state index contributed by atoms with van der Waals surface area (Å²) in [5, 5.41) is 4.94. The molecule has 0 saturated heterocycles. The number of anilines is 1. The summed E-state index contributed by atoms with van der Waals surface area (Å²) in [5.74, 6) is -6.22. The van der Waals surface area contributed by atoms with Gasteiger partial charge in [-0.2, -0.15) is 0 Å². The number of aryl methyl sites for hydroxylation is 2. The number of para-hydroxylation sites is 1. The number of carbonyl (C=O) groups excluding carboxylic acids is 2. The van der Waals surface area contributed by atoms with Crippen molar-refractivity contribution < 1.29 is 22.8 Å². The fourth-order valence-electron chi connectivity index (χ4n) is 2.54. The van der Waals surface area contributed by atoms with E-state index >= 15 is 0 Å². The molecule has 2 amide bonds. The SMILES string of the molecule is CCc1cccc(CC)c1NC(=O)CNC(=O)c1ccc(F)c(F)c1F. The van der Waals surface area contributed by atoms with Crippen LogP contribution >= 0.6 is 0 Å². The molecule has 2 rings (SSSR count). The molecule has 2 N–H and O–H groups in total. The number of benzene rings is 2. The quantitative estimate of drug-likeness (QED) is 0.770. The van der Waals surface area contributed by atoms with Gasteiger partial charge in [0.2, 0.25) is 5.91 Å². The molecule has 0 aliphatic heterocycles. The first-order valence-corrected chi connectivity index (χ1v) is 8.21. The highest BCUT2D eigenvalue weighted by Gasteiger charge is 2.19. The predicted molar refractivity (Wildman–Crippen MR) is 92.5 cm³/mol. The maximum absolute atomic E-state index is 13.6. The highest BCUT2D eigenvalue weighted by molar-refractivity contribution is 6.00. The maximum atomic E-state index is 13.6. The van der Waals surface area contributed by atoms with Crippen LogP contribution in [-0.4, -0.2) is 18.4 Å². The fraction of sp³-hybridized carbons (Fsp3) is 0.263. The van der Waals surface area contributed by atoms with Gasteiger partial charge in [0.15, 0.2) is 17.5 Å². The molecule has 0 fully saturated rings. The first-order chi connectivity index (χ1) is 12.4. The van der Waals surface area contributed by atoms with Crippen molar-refractivity contribution in [3.63, 3.8) is 0 Å². The molecule has 26 heavy (non-hydrogen) atoms. The molecule has 138 valence electrons. The van der Waals surface area contributed by atoms with Gasteiger partial charge >= 0.3 is 0 Å². The minimum absolute atomic E-state index is 0.432. The summed E-state index contributed by atoms with van der Waals surface area (Å²) >= 11 is 0. The van der Waals surface area contributed by atoms with E-state index in [1.54, 1.807) is 0 Å². The summed E-state index contributed by atoms with van der Waals surface area (Å²) < 4.78 is 39.7. The summed E-state index contributed by atoms with van der Waals surface area (Å²) in [6.07, 6.45) is 1.44. The first-order valence-electron chi connectivity index (χ1n) is 8.21. The molecule has 7 heteroatoms. The van der Waals surface area contributed by atoms with E-state index in [-0.39, 0.29) is 0 Å². The Bertz CT molecular complexity index is 816. The zero-order valence-electron chi connectivity index (χ0n) is 14.5. The van der Waals surface area contributed by atoms with Crippen molar-refractivity contribution in [2.45, 2.75) is 26.7 Å². The Morgan fingerprint density at radius 3 is 2.12 bits per heavy atom. The summed E-state index contributed by atoms with van der Waals surface area (Å²) in [7, 11) is 0. The van der Waals surface area contributed by atoms with Crippen molar-refractivity contribution in [1.29, 1.82) is 0 Å². The third kappa shape index (κ3) is 4.22. The van der Waals surface area contributed by atoms with E-state index in [1.807, 2.05) is 32.0 Å². The average Bonchev–Trinajstić information content (AvgIpc) is 2.64. The summed E-state index contributed by atoms with van der Waals surface area (Å²) in [4.78, 5) is 24.0. The van der Waals surface area contributed by atoms with E-state index in [0.717, 1.165) is 30.0 Å². The van der Waals surface area contributed by atoms with E-state index in [0.29, 0.717) is 11.8 Å². The molecule has 0 heterocycles. The number of halogens is 3. The maximum Gasteiger partial charge on any atom is 0.254 e. The third-order valence-electron chi connectivity index (χ3n) is 3.95. The van der Waals surface area contributed by atoms with Crippen LogP contribution in [0.5, 0.6) is 0 Å². The summed E-state index contributed by atoms with van der Waals surface area (Å²) in [6, 6.07) is 7.16. The largest absolute Gasteiger partial charge is 0.343 e.